The fourth-order valence-corrected chi connectivity index (χ4v) is 1.60. The molecule has 17 heavy (non-hydrogen) atoms. The predicted molar refractivity (Wildman–Crippen MR) is 65.9 cm³/mol. The molecular weight excluding hydrogens is 238 g/mol. The van der Waals surface area contributed by atoms with E-state index in [4.69, 9.17) is 22.1 Å². The third kappa shape index (κ3) is 3.15. The molecule has 0 saturated carbocycles. The fraction of sp³-hybridized carbons (Fsp3) is 0.167. The molecule has 88 valence electrons. The molecule has 0 bridgehead atoms. The van der Waals surface area contributed by atoms with Gasteiger partial charge in [0.15, 0.2) is 0 Å². The number of nitrogens with two attached hydrogens (primary N) is 1. The van der Waals surface area contributed by atoms with E-state index in [2.05, 4.69) is 9.97 Å². The lowest BCUT2D eigenvalue weighted by atomic mass is 10.1. The van der Waals surface area contributed by atoms with Crippen LogP contribution < -0.4 is 10.5 Å². The number of halogens is 1. The van der Waals surface area contributed by atoms with Gasteiger partial charge in [0, 0.05) is 36.8 Å². The first-order chi connectivity index (χ1) is 8.29. The monoisotopic (exact) mass is 249 g/mol. The molecule has 0 aliphatic heterocycles. The molecule has 0 radical (unpaired) electrons. The van der Waals surface area contributed by atoms with Gasteiger partial charge in [0.1, 0.15) is 11.9 Å². The van der Waals surface area contributed by atoms with Gasteiger partial charge in [-0.1, -0.05) is 17.7 Å². The van der Waals surface area contributed by atoms with Crippen molar-refractivity contribution in [3.05, 3.63) is 53.6 Å². The highest BCUT2D eigenvalue weighted by Crippen LogP contribution is 2.22. The average Bonchev–Trinajstić information content (AvgIpc) is 2.37. The van der Waals surface area contributed by atoms with Crippen molar-refractivity contribution in [1.29, 1.82) is 0 Å². The Morgan fingerprint density at radius 2 is 2.18 bits per heavy atom. The molecular formula is C12H12ClN3O. The van der Waals surface area contributed by atoms with E-state index >= 15 is 0 Å². The molecule has 0 spiro atoms. The van der Waals surface area contributed by atoms with E-state index < -0.39 is 0 Å². The molecule has 2 aromatic rings. The second-order valence-corrected chi connectivity index (χ2v) is 3.90. The van der Waals surface area contributed by atoms with Crippen LogP contribution in [0, 0.1) is 0 Å². The normalized spacial score (nSPS) is 12.1. The molecule has 2 N–H and O–H groups in total. The Bertz CT molecular complexity index is 478. The Morgan fingerprint density at radius 1 is 1.29 bits per heavy atom. The number of nitrogens with zero attached hydrogens (tertiary/aromatic N) is 2. The van der Waals surface area contributed by atoms with Crippen LogP contribution in [0.2, 0.25) is 5.02 Å². The van der Waals surface area contributed by atoms with Gasteiger partial charge in [-0.25, -0.2) is 0 Å². The van der Waals surface area contributed by atoms with E-state index in [9.17, 15) is 0 Å². The topological polar surface area (TPSA) is 61.0 Å². The van der Waals surface area contributed by atoms with Crippen molar-refractivity contribution in [1.82, 2.24) is 9.97 Å². The van der Waals surface area contributed by atoms with Crippen molar-refractivity contribution < 1.29 is 4.74 Å². The van der Waals surface area contributed by atoms with Gasteiger partial charge < -0.3 is 10.5 Å². The summed E-state index contributed by atoms with van der Waals surface area (Å²) in [6.07, 6.45) is 6.35. The number of hydrogen-bond donors (Lipinski definition) is 1. The first-order valence-electron chi connectivity index (χ1n) is 5.17. The van der Waals surface area contributed by atoms with Crippen molar-refractivity contribution >= 4 is 11.6 Å². The van der Waals surface area contributed by atoms with E-state index in [1.54, 1.807) is 30.9 Å². The van der Waals surface area contributed by atoms with Crippen molar-refractivity contribution in [2.24, 2.45) is 5.73 Å². The zero-order valence-corrected chi connectivity index (χ0v) is 9.84. The number of pyridine rings is 2. The summed E-state index contributed by atoms with van der Waals surface area (Å²) in [5.41, 5.74) is 6.61. The summed E-state index contributed by atoms with van der Waals surface area (Å²) in [4.78, 5) is 7.99. The summed E-state index contributed by atoms with van der Waals surface area (Å²) in [6.45, 7) is 0.359. The summed E-state index contributed by atoms with van der Waals surface area (Å²) in [6, 6.07) is 5.47. The molecule has 0 fully saturated rings. The quantitative estimate of drug-likeness (QED) is 0.903. The SMILES string of the molecule is NCC(Oc1cncc(Cl)c1)c1cccnc1. The van der Waals surface area contributed by atoms with Crippen LogP contribution in [0.25, 0.3) is 0 Å². The van der Waals surface area contributed by atoms with Gasteiger partial charge in [-0.2, -0.15) is 0 Å². The van der Waals surface area contributed by atoms with E-state index in [0.29, 0.717) is 17.3 Å². The largest absolute Gasteiger partial charge is 0.483 e. The van der Waals surface area contributed by atoms with E-state index in [-0.39, 0.29) is 6.10 Å². The van der Waals surface area contributed by atoms with Crippen molar-refractivity contribution in [3.63, 3.8) is 0 Å². The minimum Gasteiger partial charge on any atom is -0.483 e. The van der Waals surface area contributed by atoms with E-state index in [1.165, 1.54) is 0 Å². The molecule has 1 unspecified atom stereocenters. The number of aromatic nitrogens is 2. The Morgan fingerprint density at radius 3 is 2.82 bits per heavy atom. The predicted octanol–water partition coefficient (Wildman–Crippen LogP) is 2.21. The van der Waals surface area contributed by atoms with Crippen molar-refractivity contribution in [2.45, 2.75) is 6.10 Å². The van der Waals surface area contributed by atoms with Gasteiger partial charge in [0.05, 0.1) is 11.2 Å². The number of ether oxygens (including phenoxy) is 1. The zero-order chi connectivity index (χ0) is 12.1. The fourth-order valence-electron chi connectivity index (χ4n) is 1.44. The standard InChI is InChI=1S/C12H12ClN3O/c13-10-4-11(8-16-7-10)17-12(5-14)9-2-1-3-15-6-9/h1-4,6-8,12H,5,14H2. The average molecular weight is 250 g/mol. The second kappa shape index (κ2) is 5.61. The van der Waals surface area contributed by atoms with Gasteiger partial charge in [-0.3, -0.25) is 9.97 Å². The highest BCUT2D eigenvalue weighted by Gasteiger charge is 2.11. The van der Waals surface area contributed by atoms with Crippen LogP contribution in [0.15, 0.2) is 43.0 Å². The highest BCUT2D eigenvalue weighted by atomic mass is 35.5. The summed E-state index contributed by atoms with van der Waals surface area (Å²) < 4.78 is 5.72. The zero-order valence-electron chi connectivity index (χ0n) is 9.08. The first kappa shape index (κ1) is 11.8. The van der Waals surface area contributed by atoms with Crippen LogP contribution >= 0.6 is 11.6 Å². The molecule has 0 amide bonds. The van der Waals surface area contributed by atoms with Crippen molar-refractivity contribution in [2.75, 3.05) is 6.54 Å². The van der Waals surface area contributed by atoms with Gasteiger partial charge in [0.2, 0.25) is 0 Å². The maximum Gasteiger partial charge on any atom is 0.140 e. The molecule has 0 aliphatic carbocycles. The minimum atomic E-state index is -0.246. The smallest absolute Gasteiger partial charge is 0.140 e. The molecule has 2 rings (SSSR count). The van der Waals surface area contributed by atoms with Crippen LogP contribution in [-0.2, 0) is 0 Å². The molecule has 0 aromatic carbocycles. The Labute approximate surface area is 104 Å². The van der Waals surface area contributed by atoms with Crippen LogP contribution in [0.1, 0.15) is 11.7 Å². The first-order valence-corrected chi connectivity index (χ1v) is 5.54. The number of hydrogen-bond acceptors (Lipinski definition) is 4. The van der Waals surface area contributed by atoms with Crippen LogP contribution in [0.3, 0.4) is 0 Å². The summed E-state index contributed by atoms with van der Waals surface area (Å²) in [5, 5.41) is 0.532. The van der Waals surface area contributed by atoms with E-state index in [1.807, 2.05) is 12.1 Å². The Balaban J connectivity index is 2.16. The summed E-state index contributed by atoms with van der Waals surface area (Å²) in [5.74, 6) is 0.594. The van der Waals surface area contributed by atoms with Gasteiger partial charge in [0.25, 0.3) is 0 Å². The Hall–Kier alpha value is -1.65. The molecule has 5 heteroatoms. The highest BCUT2D eigenvalue weighted by molar-refractivity contribution is 6.30. The lowest BCUT2D eigenvalue weighted by molar-refractivity contribution is 0.213. The molecule has 0 saturated heterocycles. The lowest BCUT2D eigenvalue weighted by Crippen LogP contribution is -2.18. The molecule has 0 aliphatic rings. The van der Waals surface area contributed by atoms with Crippen LogP contribution in [-0.4, -0.2) is 16.5 Å². The molecule has 2 heterocycles. The lowest BCUT2D eigenvalue weighted by Gasteiger charge is -2.17. The maximum absolute atomic E-state index is 5.83. The molecule has 4 nitrogen and oxygen atoms in total. The van der Waals surface area contributed by atoms with Crippen LogP contribution in [0.5, 0.6) is 5.75 Å². The van der Waals surface area contributed by atoms with Crippen molar-refractivity contribution in [3.8, 4) is 5.75 Å². The third-order valence-corrected chi connectivity index (χ3v) is 2.44. The van der Waals surface area contributed by atoms with Gasteiger partial charge in [-0.15, -0.1) is 0 Å². The molecule has 2 aromatic heterocycles. The Kier molecular flexibility index (Phi) is 3.90. The minimum absolute atomic E-state index is 0.246. The number of rotatable bonds is 4. The second-order valence-electron chi connectivity index (χ2n) is 3.47. The summed E-state index contributed by atoms with van der Waals surface area (Å²) >= 11 is 5.83. The molecule has 1 atom stereocenters. The van der Waals surface area contributed by atoms with Gasteiger partial charge >= 0.3 is 0 Å². The maximum atomic E-state index is 5.83. The van der Waals surface area contributed by atoms with E-state index in [0.717, 1.165) is 5.56 Å². The van der Waals surface area contributed by atoms with Gasteiger partial charge in [-0.05, 0) is 6.07 Å². The van der Waals surface area contributed by atoms with Crippen LogP contribution in [0.4, 0.5) is 0 Å². The third-order valence-electron chi connectivity index (χ3n) is 2.23. The summed E-state index contributed by atoms with van der Waals surface area (Å²) in [7, 11) is 0.